The van der Waals surface area contributed by atoms with Crippen molar-refractivity contribution in [3.63, 3.8) is 0 Å². The zero-order valence-electron chi connectivity index (χ0n) is 14.6. The number of rotatable bonds is 4. The zero-order valence-corrected chi connectivity index (χ0v) is 16.8. The number of hydrogen-bond donors (Lipinski definition) is 1. The van der Waals surface area contributed by atoms with Gasteiger partial charge in [0.05, 0.1) is 6.54 Å². The molecule has 4 aromatic rings. The van der Waals surface area contributed by atoms with E-state index in [0.29, 0.717) is 0 Å². The quantitative estimate of drug-likeness (QED) is 0.351. The Balaban J connectivity index is 0.000000465. The fraction of sp³-hybridized carbons (Fsp3) is 0.0455. The third-order valence-corrected chi connectivity index (χ3v) is 3.32. The molecule has 0 unspecified atom stereocenters. The van der Waals surface area contributed by atoms with E-state index in [9.17, 15) is 4.79 Å². The molecular formula is C22H21Fe2NO2. The summed E-state index contributed by atoms with van der Waals surface area (Å²) in [6.07, 6.45) is 0. The monoisotopic (exact) mass is 443 g/mol. The standard InChI is InChI=1S/C12H11NO2.2C5H5.2Fe/c14-12(15)9-13(10-5-1-2-6-10)11-7-3-4-8-11;2*1-2-4-5-3-1;;/h1-8H,9H2,(H,14,15);2*1-5H;;/q-2;2*-1;2*+2. The van der Waals surface area contributed by atoms with Gasteiger partial charge in [-0.1, -0.05) is 12.1 Å². The van der Waals surface area contributed by atoms with Gasteiger partial charge in [-0.05, 0) is 0 Å². The Labute approximate surface area is 181 Å². The van der Waals surface area contributed by atoms with Crippen molar-refractivity contribution in [2.75, 3.05) is 11.4 Å². The molecule has 27 heavy (non-hydrogen) atoms. The fourth-order valence-electron chi connectivity index (χ4n) is 2.20. The molecular weight excluding hydrogens is 422 g/mol. The van der Waals surface area contributed by atoms with Crippen molar-refractivity contribution >= 4 is 17.3 Å². The van der Waals surface area contributed by atoms with Gasteiger partial charge in [-0.25, -0.2) is 36.4 Å². The van der Waals surface area contributed by atoms with E-state index in [1.165, 1.54) is 0 Å². The number of anilines is 2. The molecule has 3 nitrogen and oxygen atoms in total. The summed E-state index contributed by atoms with van der Waals surface area (Å²) in [5.74, 6) is -0.836. The molecule has 0 aliphatic heterocycles. The Hall–Kier alpha value is -2.29. The van der Waals surface area contributed by atoms with E-state index in [-0.39, 0.29) is 40.7 Å². The second-order valence-electron chi connectivity index (χ2n) is 5.19. The number of nitrogens with zero attached hydrogens (tertiary/aromatic N) is 1. The van der Waals surface area contributed by atoms with Crippen molar-refractivity contribution in [1.82, 2.24) is 0 Å². The van der Waals surface area contributed by atoms with Crippen LogP contribution in [0.4, 0.5) is 11.4 Å². The maximum Gasteiger partial charge on any atom is 2.00 e. The molecule has 1 N–H and O–H groups in total. The van der Waals surface area contributed by atoms with Crippen molar-refractivity contribution in [3.8, 4) is 0 Å². The maximum atomic E-state index is 10.8. The van der Waals surface area contributed by atoms with Crippen molar-refractivity contribution < 1.29 is 44.0 Å². The van der Waals surface area contributed by atoms with Gasteiger partial charge >= 0.3 is 40.1 Å². The Kier molecular flexibility index (Phi) is 13.6. The van der Waals surface area contributed by atoms with Crippen LogP contribution in [0.25, 0.3) is 0 Å². The van der Waals surface area contributed by atoms with E-state index in [0.717, 1.165) is 11.4 Å². The van der Waals surface area contributed by atoms with E-state index in [1.807, 2.05) is 109 Å². The number of carboxylic acids is 1. The van der Waals surface area contributed by atoms with Crippen LogP contribution in [-0.4, -0.2) is 17.6 Å². The molecule has 0 saturated heterocycles. The van der Waals surface area contributed by atoms with Crippen molar-refractivity contribution in [2.45, 2.75) is 0 Å². The fourth-order valence-corrected chi connectivity index (χ4v) is 2.20. The van der Waals surface area contributed by atoms with E-state index < -0.39 is 5.97 Å². The zero-order chi connectivity index (χ0) is 17.7. The van der Waals surface area contributed by atoms with Gasteiger partial charge in [0.25, 0.3) is 0 Å². The summed E-state index contributed by atoms with van der Waals surface area (Å²) in [4.78, 5) is 12.5. The van der Waals surface area contributed by atoms with Crippen LogP contribution in [0.2, 0.25) is 0 Å². The summed E-state index contributed by atoms with van der Waals surface area (Å²) in [6.45, 7) is -0.0198. The summed E-state index contributed by atoms with van der Waals surface area (Å²) in [5.41, 5.74) is 1.81. The molecule has 0 radical (unpaired) electrons. The van der Waals surface area contributed by atoms with Crippen molar-refractivity contribution in [2.24, 2.45) is 0 Å². The van der Waals surface area contributed by atoms with Gasteiger partial charge in [-0.2, -0.15) is 36.4 Å². The van der Waals surface area contributed by atoms with E-state index in [1.54, 1.807) is 4.90 Å². The molecule has 0 fully saturated rings. The third kappa shape index (κ3) is 9.83. The smallest absolute Gasteiger partial charge is 0.491 e. The molecule has 5 heteroatoms. The Bertz CT molecular complexity index is 664. The van der Waals surface area contributed by atoms with Crippen LogP contribution in [0.15, 0.2) is 109 Å². The minimum Gasteiger partial charge on any atom is -0.491 e. The summed E-state index contributed by atoms with van der Waals surface area (Å²) in [6, 6.07) is 35.2. The predicted octanol–water partition coefficient (Wildman–Crippen LogP) is 5.15. The van der Waals surface area contributed by atoms with Crippen molar-refractivity contribution in [3.05, 3.63) is 109 Å². The number of aliphatic carboxylic acids is 1. The third-order valence-electron chi connectivity index (χ3n) is 3.32. The van der Waals surface area contributed by atoms with Crippen LogP contribution in [0, 0.1) is 0 Å². The Morgan fingerprint density at radius 2 is 1.04 bits per heavy atom. The van der Waals surface area contributed by atoms with Crippen molar-refractivity contribution in [1.29, 1.82) is 0 Å². The van der Waals surface area contributed by atoms with Gasteiger partial charge in [-0.3, -0.25) is 16.9 Å². The first kappa shape index (κ1) is 24.7. The SMILES string of the molecule is O=C(O)CN([c-]1cccc1)[c-]1cccc1.[Fe+2].[Fe+2].c1cc[cH-]c1.c1cc[cH-]c1. The number of carbonyl (C=O) groups is 1. The largest absolute Gasteiger partial charge is 2.00 e. The number of carboxylic acid groups (broad SMARTS) is 1. The van der Waals surface area contributed by atoms with Gasteiger partial charge in [0.1, 0.15) is 0 Å². The molecule has 0 aromatic heterocycles. The van der Waals surface area contributed by atoms with Gasteiger partial charge in [-0.15, -0.1) is 23.5 Å². The van der Waals surface area contributed by atoms with Crippen LogP contribution >= 0.6 is 0 Å². The molecule has 0 aliphatic carbocycles. The summed E-state index contributed by atoms with van der Waals surface area (Å²) < 4.78 is 0. The minimum atomic E-state index is -0.836. The molecule has 0 saturated carbocycles. The summed E-state index contributed by atoms with van der Waals surface area (Å²) >= 11 is 0. The average molecular weight is 443 g/mol. The second kappa shape index (κ2) is 14.8. The first-order valence-electron chi connectivity index (χ1n) is 8.03. The predicted molar refractivity (Wildman–Crippen MR) is 103 cm³/mol. The summed E-state index contributed by atoms with van der Waals surface area (Å²) in [5, 5.41) is 8.84. The molecule has 4 aromatic carbocycles. The number of hydrogen-bond acceptors (Lipinski definition) is 2. The molecule has 0 spiro atoms. The maximum absolute atomic E-state index is 10.8. The Morgan fingerprint density at radius 1 is 0.704 bits per heavy atom. The molecule has 0 heterocycles. The van der Waals surface area contributed by atoms with E-state index >= 15 is 0 Å². The van der Waals surface area contributed by atoms with Crippen LogP contribution in [0.3, 0.4) is 0 Å². The molecule has 0 aliphatic rings. The first-order valence-corrected chi connectivity index (χ1v) is 8.03. The van der Waals surface area contributed by atoms with Crippen LogP contribution < -0.4 is 4.90 Å². The van der Waals surface area contributed by atoms with Gasteiger partial charge in [0.2, 0.25) is 0 Å². The van der Waals surface area contributed by atoms with Crippen LogP contribution in [0.5, 0.6) is 0 Å². The topological polar surface area (TPSA) is 40.5 Å². The van der Waals surface area contributed by atoms with Gasteiger partial charge < -0.3 is 10.0 Å². The van der Waals surface area contributed by atoms with Crippen LogP contribution in [0.1, 0.15) is 0 Å². The molecule has 0 atom stereocenters. The van der Waals surface area contributed by atoms with E-state index in [2.05, 4.69) is 0 Å². The minimum absolute atomic E-state index is 0. The van der Waals surface area contributed by atoms with Crippen LogP contribution in [-0.2, 0) is 38.9 Å². The molecule has 0 amide bonds. The first-order chi connectivity index (χ1) is 12.3. The van der Waals surface area contributed by atoms with E-state index in [4.69, 9.17) is 5.11 Å². The molecule has 0 bridgehead atoms. The normalized spacial score (nSPS) is 8.59. The molecule has 142 valence electrons. The second-order valence-corrected chi connectivity index (χ2v) is 5.19. The summed E-state index contributed by atoms with van der Waals surface area (Å²) in [7, 11) is 0. The molecule has 4 rings (SSSR count). The average Bonchev–Trinajstić information content (AvgIpc) is 3.45. The Morgan fingerprint density at radius 3 is 1.26 bits per heavy atom. The van der Waals surface area contributed by atoms with Gasteiger partial charge in [0, 0.05) is 0 Å². The van der Waals surface area contributed by atoms with Gasteiger partial charge in [0.15, 0.2) is 0 Å².